The van der Waals surface area contributed by atoms with Gasteiger partial charge in [-0.1, -0.05) is 40.7 Å². The van der Waals surface area contributed by atoms with Gasteiger partial charge in [-0.25, -0.2) is 9.67 Å². The number of aromatic nitrogens is 7. The van der Waals surface area contributed by atoms with E-state index in [0.29, 0.717) is 47.9 Å². The Labute approximate surface area is 192 Å². The number of rotatable bonds is 7. The molecular weight excluding hydrogens is 418 g/mol. The molecule has 4 heterocycles. The molecule has 0 atom stereocenters. The van der Waals surface area contributed by atoms with Crippen LogP contribution in [0.4, 0.5) is 11.8 Å². The first-order valence-corrected chi connectivity index (χ1v) is 10.9. The van der Waals surface area contributed by atoms with Crippen molar-refractivity contribution in [2.75, 3.05) is 10.6 Å². The van der Waals surface area contributed by atoms with Crippen molar-refractivity contribution in [3.63, 3.8) is 0 Å². The topological polar surface area (TPSA) is 115 Å². The summed E-state index contributed by atoms with van der Waals surface area (Å²) in [4.78, 5) is 31.1. The average Bonchev–Trinajstić information content (AvgIpc) is 3.41. The van der Waals surface area contributed by atoms with E-state index in [1.165, 1.54) is 0 Å². The van der Waals surface area contributed by atoms with Crippen molar-refractivity contribution < 1.29 is 4.79 Å². The first-order valence-electron chi connectivity index (χ1n) is 10.9. The molecule has 0 aliphatic heterocycles. The highest BCUT2D eigenvalue weighted by atomic mass is 16.2. The van der Waals surface area contributed by atoms with Crippen LogP contribution in [0.3, 0.4) is 0 Å². The zero-order valence-corrected chi connectivity index (χ0v) is 19.6. The second kappa shape index (κ2) is 8.97. The number of nitrogens with one attached hydrogen (secondary N) is 2. The number of fused-ring (bicyclic) bond motifs is 1. The molecule has 0 bridgehead atoms. The molecule has 0 saturated carbocycles. The van der Waals surface area contributed by atoms with E-state index in [0.717, 1.165) is 5.56 Å². The summed E-state index contributed by atoms with van der Waals surface area (Å²) < 4.78 is 3.71. The van der Waals surface area contributed by atoms with Gasteiger partial charge in [0, 0.05) is 43.3 Å². The lowest BCUT2D eigenvalue weighted by atomic mass is 9.96. The monoisotopic (exact) mass is 447 g/mol. The third-order valence-corrected chi connectivity index (χ3v) is 4.92. The Hall–Kier alpha value is -3.82. The van der Waals surface area contributed by atoms with Crippen molar-refractivity contribution in [3.8, 4) is 5.95 Å². The Morgan fingerprint density at radius 2 is 1.94 bits per heavy atom. The van der Waals surface area contributed by atoms with E-state index in [4.69, 9.17) is 9.97 Å². The average molecular weight is 448 g/mol. The van der Waals surface area contributed by atoms with E-state index in [2.05, 4.69) is 39.5 Å². The Morgan fingerprint density at radius 3 is 2.58 bits per heavy atom. The number of carbonyl (C=O) groups excluding carboxylic acids is 1. The van der Waals surface area contributed by atoms with Crippen LogP contribution in [0.2, 0.25) is 0 Å². The largest absolute Gasteiger partial charge is 0.350 e. The molecule has 0 radical (unpaired) electrons. The van der Waals surface area contributed by atoms with Gasteiger partial charge in [0.2, 0.25) is 17.8 Å². The number of amides is 1. The zero-order valence-electron chi connectivity index (χ0n) is 19.6. The predicted octanol–water partition coefficient (Wildman–Crippen LogP) is 3.66. The molecule has 4 rings (SSSR count). The number of nitrogens with zero attached hydrogens (tertiary/aromatic N) is 7. The first-order chi connectivity index (χ1) is 15.7. The summed E-state index contributed by atoms with van der Waals surface area (Å²) in [5.41, 5.74) is 1.55. The molecular formula is C23H29N9O. The maximum absolute atomic E-state index is 12.8. The number of carbonyl (C=O) groups is 1. The highest BCUT2D eigenvalue weighted by molar-refractivity contribution is 6.00. The molecule has 2 N–H and O–H groups in total. The summed E-state index contributed by atoms with van der Waals surface area (Å²) in [5.74, 6) is 1.57. The van der Waals surface area contributed by atoms with Crippen LogP contribution in [0.15, 0.2) is 43.0 Å². The van der Waals surface area contributed by atoms with Crippen LogP contribution in [-0.4, -0.2) is 40.2 Å². The van der Waals surface area contributed by atoms with E-state index in [1.807, 2.05) is 49.7 Å². The molecule has 4 aromatic heterocycles. The van der Waals surface area contributed by atoms with Gasteiger partial charge in [0.15, 0.2) is 17.0 Å². The van der Waals surface area contributed by atoms with Gasteiger partial charge in [-0.3, -0.25) is 14.3 Å². The van der Waals surface area contributed by atoms with E-state index in [-0.39, 0.29) is 5.91 Å². The van der Waals surface area contributed by atoms with E-state index >= 15 is 0 Å². The van der Waals surface area contributed by atoms with Crippen LogP contribution in [-0.2, 0) is 17.9 Å². The fraction of sp³-hybridized carbons (Fsp3) is 0.391. The van der Waals surface area contributed by atoms with Gasteiger partial charge >= 0.3 is 0 Å². The molecule has 4 aromatic rings. The van der Waals surface area contributed by atoms with Crippen molar-refractivity contribution in [1.82, 2.24) is 34.3 Å². The van der Waals surface area contributed by atoms with Crippen molar-refractivity contribution in [1.29, 1.82) is 0 Å². The van der Waals surface area contributed by atoms with Crippen molar-refractivity contribution in [2.24, 2.45) is 11.3 Å². The molecule has 1 amide bonds. The molecule has 10 heteroatoms. The highest BCUT2D eigenvalue weighted by Crippen LogP contribution is 2.27. The third-order valence-electron chi connectivity index (χ3n) is 4.92. The Kier molecular flexibility index (Phi) is 6.08. The number of anilines is 2. The fourth-order valence-corrected chi connectivity index (χ4v) is 3.23. The van der Waals surface area contributed by atoms with Gasteiger partial charge in [-0.2, -0.15) is 15.1 Å². The molecule has 0 fully saturated rings. The van der Waals surface area contributed by atoms with Gasteiger partial charge in [0.05, 0.1) is 0 Å². The van der Waals surface area contributed by atoms with Gasteiger partial charge in [-0.05, 0) is 23.6 Å². The van der Waals surface area contributed by atoms with Crippen molar-refractivity contribution >= 4 is 28.8 Å². The maximum Gasteiger partial charge on any atom is 0.233 e. The predicted molar refractivity (Wildman–Crippen MR) is 127 cm³/mol. The SMILES string of the molecule is CC(C)Cn1c(-n2cccn2)nc2c(NC(=O)C(C)(C)C)nc(NCc3cccnc3)nc21. The summed E-state index contributed by atoms with van der Waals surface area (Å²) in [6.07, 6.45) is 7.05. The van der Waals surface area contributed by atoms with Gasteiger partial charge in [0.1, 0.15) is 0 Å². The van der Waals surface area contributed by atoms with Crippen LogP contribution in [0.25, 0.3) is 17.1 Å². The fourth-order valence-electron chi connectivity index (χ4n) is 3.23. The van der Waals surface area contributed by atoms with Crippen LogP contribution in [0.1, 0.15) is 40.2 Å². The normalized spacial score (nSPS) is 11.8. The number of imidazole rings is 1. The number of hydrogen-bond acceptors (Lipinski definition) is 7. The first kappa shape index (κ1) is 22.4. The molecule has 0 saturated heterocycles. The van der Waals surface area contributed by atoms with Crippen molar-refractivity contribution in [3.05, 3.63) is 48.5 Å². The molecule has 0 unspecified atom stereocenters. The molecule has 0 aliphatic rings. The molecule has 0 spiro atoms. The summed E-state index contributed by atoms with van der Waals surface area (Å²) in [7, 11) is 0. The standard InChI is InChI=1S/C23H29N9O/c1-15(2)14-31-19-17(27-22(31)32-11-7-10-26-32)18(28-20(33)23(3,4)5)29-21(30-19)25-13-16-8-6-9-24-12-16/h6-12,15H,13-14H2,1-5H3,(H2,25,28,29,30,33). The lowest BCUT2D eigenvalue weighted by Crippen LogP contribution is -2.28. The van der Waals surface area contributed by atoms with E-state index in [1.54, 1.807) is 23.3 Å². The zero-order chi connectivity index (χ0) is 23.6. The smallest absolute Gasteiger partial charge is 0.233 e. The third kappa shape index (κ3) is 5.00. The summed E-state index contributed by atoms with van der Waals surface area (Å²) in [6, 6.07) is 5.69. The minimum absolute atomic E-state index is 0.153. The van der Waals surface area contributed by atoms with Crippen LogP contribution in [0.5, 0.6) is 0 Å². The second-order valence-electron chi connectivity index (χ2n) is 9.35. The molecule has 172 valence electrons. The van der Waals surface area contributed by atoms with Gasteiger partial charge in [-0.15, -0.1) is 0 Å². The van der Waals surface area contributed by atoms with Gasteiger partial charge < -0.3 is 10.6 Å². The summed E-state index contributed by atoms with van der Waals surface area (Å²) >= 11 is 0. The number of pyridine rings is 1. The quantitative estimate of drug-likeness (QED) is 0.444. The lowest BCUT2D eigenvalue weighted by molar-refractivity contribution is -0.123. The van der Waals surface area contributed by atoms with E-state index < -0.39 is 5.41 Å². The van der Waals surface area contributed by atoms with Crippen LogP contribution < -0.4 is 10.6 Å². The van der Waals surface area contributed by atoms with Crippen LogP contribution >= 0.6 is 0 Å². The minimum atomic E-state index is -0.591. The highest BCUT2D eigenvalue weighted by Gasteiger charge is 2.25. The number of hydrogen-bond donors (Lipinski definition) is 2. The second-order valence-corrected chi connectivity index (χ2v) is 9.35. The Morgan fingerprint density at radius 1 is 1.12 bits per heavy atom. The summed E-state index contributed by atoms with van der Waals surface area (Å²) in [5, 5.41) is 10.6. The maximum atomic E-state index is 12.8. The minimum Gasteiger partial charge on any atom is -0.350 e. The molecule has 10 nitrogen and oxygen atoms in total. The molecule has 33 heavy (non-hydrogen) atoms. The molecule has 0 aliphatic carbocycles. The van der Waals surface area contributed by atoms with Crippen LogP contribution in [0, 0.1) is 11.3 Å². The molecule has 0 aromatic carbocycles. The lowest BCUT2D eigenvalue weighted by Gasteiger charge is -2.18. The Bertz CT molecular complexity index is 1240. The van der Waals surface area contributed by atoms with Crippen molar-refractivity contribution in [2.45, 2.75) is 47.7 Å². The van der Waals surface area contributed by atoms with E-state index in [9.17, 15) is 4.79 Å². The Balaban J connectivity index is 1.83. The van der Waals surface area contributed by atoms with Gasteiger partial charge in [0.25, 0.3) is 0 Å². The summed E-state index contributed by atoms with van der Waals surface area (Å²) in [6.45, 7) is 11.0.